The Morgan fingerprint density at radius 1 is 1.05 bits per heavy atom. The summed E-state index contributed by atoms with van der Waals surface area (Å²) in [6.45, 7) is 4.30. The maximum Gasteiger partial charge on any atom is 0.228 e. The molecule has 1 N–H and O–H groups in total. The molecule has 2 nitrogen and oxygen atoms in total. The topological polar surface area (TPSA) is 29.1 Å². The molecule has 2 aromatic rings. The van der Waals surface area contributed by atoms with Crippen LogP contribution in [-0.2, 0) is 4.79 Å². The summed E-state index contributed by atoms with van der Waals surface area (Å²) in [6.07, 6.45) is 0.958. The lowest BCUT2D eigenvalue weighted by molar-refractivity contribution is -0.117. The van der Waals surface area contributed by atoms with E-state index in [0.717, 1.165) is 12.1 Å². The minimum absolute atomic E-state index is 0.118. The van der Waals surface area contributed by atoms with Crippen molar-refractivity contribution in [1.29, 1.82) is 0 Å². The van der Waals surface area contributed by atoms with Gasteiger partial charge in [-0.2, -0.15) is 0 Å². The molecule has 0 unspecified atom stereocenters. The second-order valence-corrected chi connectivity index (χ2v) is 6.09. The molecule has 1 saturated carbocycles. The minimum atomic E-state index is 0.118. The third-order valence-electron chi connectivity index (χ3n) is 4.20. The smallest absolute Gasteiger partial charge is 0.228 e. The van der Waals surface area contributed by atoms with E-state index >= 15 is 0 Å². The second-order valence-electron chi connectivity index (χ2n) is 6.09. The second kappa shape index (κ2) is 5.72. The third-order valence-corrected chi connectivity index (χ3v) is 4.20. The molecule has 1 fully saturated rings. The largest absolute Gasteiger partial charge is 0.326 e. The molecule has 1 amide bonds. The van der Waals surface area contributed by atoms with Crippen LogP contribution < -0.4 is 5.32 Å². The third kappa shape index (κ3) is 2.99. The SMILES string of the molecule is CC(C)c1ccccc1NC(=O)[C@@H]1C[C@@H]1c1ccccc1. The Bertz CT molecular complexity index is 633. The van der Waals surface area contributed by atoms with Crippen molar-refractivity contribution in [2.45, 2.75) is 32.1 Å². The first-order chi connectivity index (χ1) is 10.2. The molecular formula is C19H21NO. The van der Waals surface area contributed by atoms with Gasteiger partial charge in [-0.25, -0.2) is 0 Å². The Morgan fingerprint density at radius 3 is 2.43 bits per heavy atom. The lowest BCUT2D eigenvalue weighted by Gasteiger charge is -2.13. The van der Waals surface area contributed by atoms with E-state index in [1.807, 2.05) is 36.4 Å². The van der Waals surface area contributed by atoms with Crippen molar-refractivity contribution >= 4 is 11.6 Å². The van der Waals surface area contributed by atoms with Gasteiger partial charge in [0.25, 0.3) is 0 Å². The quantitative estimate of drug-likeness (QED) is 0.874. The maximum absolute atomic E-state index is 12.4. The lowest BCUT2D eigenvalue weighted by Crippen LogP contribution is -2.16. The van der Waals surface area contributed by atoms with Gasteiger partial charge in [-0.15, -0.1) is 0 Å². The van der Waals surface area contributed by atoms with Crippen molar-refractivity contribution in [3.63, 3.8) is 0 Å². The van der Waals surface area contributed by atoms with Crippen LogP contribution in [0.3, 0.4) is 0 Å². The first-order valence-electron chi connectivity index (χ1n) is 7.61. The number of carbonyl (C=O) groups excluding carboxylic acids is 1. The number of hydrogen-bond acceptors (Lipinski definition) is 1. The van der Waals surface area contributed by atoms with E-state index in [1.165, 1.54) is 11.1 Å². The molecule has 0 saturated heterocycles. The fraction of sp³-hybridized carbons (Fsp3) is 0.316. The summed E-state index contributed by atoms with van der Waals surface area (Å²) in [7, 11) is 0. The Labute approximate surface area is 126 Å². The van der Waals surface area contributed by atoms with Crippen molar-refractivity contribution in [3.05, 3.63) is 65.7 Å². The predicted molar refractivity (Wildman–Crippen MR) is 86.5 cm³/mol. The van der Waals surface area contributed by atoms with Crippen LogP contribution in [0.5, 0.6) is 0 Å². The van der Waals surface area contributed by atoms with Gasteiger partial charge in [-0.05, 0) is 35.4 Å². The molecule has 0 radical (unpaired) electrons. The number of anilines is 1. The highest BCUT2D eigenvalue weighted by Gasteiger charge is 2.43. The molecule has 0 aromatic heterocycles. The van der Waals surface area contributed by atoms with E-state index in [4.69, 9.17) is 0 Å². The average molecular weight is 279 g/mol. The van der Waals surface area contributed by atoms with E-state index in [0.29, 0.717) is 11.8 Å². The van der Waals surface area contributed by atoms with Crippen LogP contribution in [-0.4, -0.2) is 5.91 Å². The molecule has 2 heteroatoms. The summed E-state index contributed by atoms with van der Waals surface area (Å²) < 4.78 is 0. The molecule has 0 spiro atoms. The number of nitrogens with one attached hydrogen (secondary N) is 1. The Kier molecular flexibility index (Phi) is 3.78. The summed E-state index contributed by atoms with van der Waals surface area (Å²) in [5.74, 6) is 1.06. The molecule has 0 bridgehead atoms. The first kappa shape index (κ1) is 13.9. The van der Waals surface area contributed by atoms with Crippen molar-refractivity contribution in [1.82, 2.24) is 0 Å². The molecule has 3 rings (SSSR count). The zero-order valence-electron chi connectivity index (χ0n) is 12.5. The molecule has 108 valence electrons. The molecule has 0 aliphatic heterocycles. The molecular weight excluding hydrogens is 258 g/mol. The minimum Gasteiger partial charge on any atom is -0.326 e. The van der Waals surface area contributed by atoms with Gasteiger partial charge in [0, 0.05) is 11.6 Å². The highest BCUT2D eigenvalue weighted by atomic mass is 16.2. The Morgan fingerprint density at radius 2 is 1.71 bits per heavy atom. The monoisotopic (exact) mass is 279 g/mol. The van der Waals surface area contributed by atoms with E-state index < -0.39 is 0 Å². The van der Waals surface area contributed by atoms with E-state index in [-0.39, 0.29) is 11.8 Å². The van der Waals surface area contributed by atoms with Crippen molar-refractivity contribution in [2.75, 3.05) is 5.32 Å². The number of para-hydroxylation sites is 1. The van der Waals surface area contributed by atoms with Crippen LogP contribution in [0.25, 0.3) is 0 Å². The number of benzene rings is 2. The van der Waals surface area contributed by atoms with E-state index in [1.54, 1.807) is 0 Å². The highest BCUT2D eigenvalue weighted by molar-refractivity contribution is 5.95. The maximum atomic E-state index is 12.4. The fourth-order valence-corrected chi connectivity index (χ4v) is 2.89. The zero-order valence-corrected chi connectivity index (χ0v) is 12.5. The van der Waals surface area contributed by atoms with Gasteiger partial charge in [0.2, 0.25) is 5.91 Å². The average Bonchev–Trinajstić information content (AvgIpc) is 3.29. The van der Waals surface area contributed by atoms with Gasteiger partial charge >= 0.3 is 0 Å². The lowest BCUT2D eigenvalue weighted by atomic mass is 10.0. The van der Waals surface area contributed by atoms with Crippen LogP contribution in [0, 0.1) is 5.92 Å². The molecule has 21 heavy (non-hydrogen) atoms. The first-order valence-corrected chi connectivity index (χ1v) is 7.61. The van der Waals surface area contributed by atoms with Gasteiger partial charge in [-0.3, -0.25) is 4.79 Å². The van der Waals surface area contributed by atoms with Crippen LogP contribution in [0.15, 0.2) is 54.6 Å². The molecule has 0 heterocycles. The van der Waals surface area contributed by atoms with Crippen molar-refractivity contribution < 1.29 is 4.79 Å². The number of amides is 1. The van der Waals surface area contributed by atoms with Crippen LogP contribution in [0.2, 0.25) is 0 Å². The normalized spacial score (nSPS) is 20.3. The standard InChI is InChI=1S/C19H21NO/c1-13(2)15-10-6-7-11-18(15)20-19(21)17-12-16(17)14-8-4-3-5-9-14/h3-11,13,16-17H,12H2,1-2H3,(H,20,21)/t16-,17-/m1/s1. The molecule has 2 aromatic carbocycles. The van der Waals surface area contributed by atoms with Crippen LogP contribution in [0.4, 0.5) is 5.69 Å². The fourth-order valence-electron chi connectivity index (χ4n) is 2.89. The molecule has 2 atom stereocenters. The van der Waals surface area contributed by atoms with Gasteiger partial charge in [-0.1, -0.05) is 62.4 Å². The summed E-state index contributed by atoms with van der Waals surface area (Å²) in [6, 6.07) is 18.4. The molecule has 1 aliphatic carbocycles. The van der Waals surface area contributed by atoms with Gasteiger partial charge in [0.1, 0.15) is 0 Å². The Hall–Kier alpha value is -2.09. The van der Waals surface area contributed by atoms with E-state index in [9.17, 15) is 4.79 Å². The van der Waals surface area contributed by atoms with Crippen LogP contribution >= 0.6 is 0 Å². The summed E-state index contributed by atoms with van der Waals surface area (Å²) in [4.78, 5) is 12.4. The zero-order chi connectivity index (χ0) is 14.8. The number of hydrogen-bond donors (Lipinski definition) is 1. The van der Waals surface area contributed by atoms with Gasteiger partial charge in [0.05, 0.1) is 0 Å². The van der Waals surface area contributed by atoms with Crippen molar-refractivity contribution in [3.8, 4) is 0 Å². The summed E-state index contributed by atoms with van der Waals surface area (Å²) in [5.41, 5.74) is 3.42. The number of rotatable bonds is 4. The molecule has 1 aliphatic rings. The Balaban J connectivity index is 1.69. The van der Waals surface area contributed by atoms with Crippen molar-refractivity contribution in [2.24, 2.45) is 5.92 Å². The van der Waals surface area contributed by atoms with Gasteiger partial charge in [0.15, 0.2) is 0 Å². The number of carbonyl (C=O) groups is 1. The van der Waals surface area contributed by atoms with Gasteiger partial charge < -0.3 is 5.32 Å². The van der Waals surface area contributed by atoms with Crippen LogP contribution in [0.1, 0.15) is 43.2 Å². The summed E-state index contributed by atoms with van der Waals surface area (Å²) >= 11 is 0. The highest BCUT2D eigenvalue weighted by Crippen LogP contribution is 2.48. The predicted octanol–water partition coefficient (Wildman–Crippen LogP) is 4.55. The van der Waals surface area contributed by atoms with E-state index in [2.05, 4.69) is 37.4 Å². The summed E-state index contributed by atoms with van der Waals surface area (Å²) in [5, 5.41) is 3.11.